The number of rotatable bonds is 4. The second-order valence-corrected chi connectivity index (χ2v) is 4.89. The van der Waals surface area contributed by atoms with Gasteiger partial charge in [0.25, 0.3) is 11.8 Å². The smallest absolute Gasteiger partial charge is 0.336 e. The van der Waals surface area contributed by atoms with Crippen LogP contribution in [-0.2, 0) is 4.79 Å². The highest BCUT2D eigenvalue weighted by Gasteiger charge is 2.16. The van der Waals surface area contributed by atoms with Crippen molar-refractivity contribution in [2.24, 2.45) is 0 Å². The number of nitrogens with one attached hydrogen (secondary N) is 2. The first-order chi connectivity index (χ1) is 11.4. The number of carbonyl (C=O) groups excluding carboxylic acids is 3. The van der Waals surface area contributed by atoms with Gasteiger partial charge in [0, 0.05) is 18.2 Å². The third kappa shape index (κ3) is 4.04. The molecule has 2 aromatic carbocycles. The molecule has 0 aliphatic heterocycles. The van der Waals surface area contributed by atoms with E-state index in [0.717, 1.165) is 0 Å². The van der Waals surface area contributed by atoms with Gasteiger partial charge >= 0.3 is 5.97 Å². The summed E-state index contributed by atoms with van der Waals surface area (Å²) in [5.74, 6) is -2.79. The summed E-state index contributed by atoms with van der Waals surface area (Å²) in [5, 5.41) is 13.8. The third-order valence-corrected chi connectivity index (χ3v) is 3.10. The van der Waals surface area contributed by atoms with Gasteiger partial charge in [-0.05, 0) is 36.4 Å². The van der Waals surface area contributed by atoms with Crippen molar-refractivity contribution in [1.82, 2.24) is 5.32 Å². The van der Waals surface area contributed by atoms with Crippen molar-refractivity contribution in [3.8, 4) is 0 Å². The summed E-state index contributed by atoms with van der Waals surface area (Å²) in [5.41, 5.74) is 0.574. The van der Waals surface area contributed by atoms with Gasteiger partial charge in [0.2, 0.25) is 5.91 Å². The van der Waals surface area contributed by atoms with Gasteiger partial charge in [-0.25, -0.2) is 4.79 Å². The zero-order chi connectivity index (χ0) is 17.7. The highest BCUT2D eigenvalue weighted by molar-refractivity contribution is 6.11. The van der Waals surface area contributed by atoms with Crippen molar-refractivity contribution in [3.05, 3.63) is 65.2 Å². The molecule has 0 radical (unpaired) electrons. The number of amides is 3. The maximum atomic E-state index is 12.2. The van der Waals surface area contributed by atoms with Crippen molar-refractivity contribution < 1.29 is 24.3 Å². The summed E-state index contributed by atoms with van der Waals surface area (Å²) in [6, 6.07) is 11.7. The fourth-order valence-corrected chi connectivity index (χ4v) is 2.00. The van der Waals surface area contributed by atoms with Gasteiger partial charge in [-0.15, -0.1) is 0 Å². The van der Waals surface area contributed by atoms with E-state index in [9.17, 15) is 19.2 Å². The SMILES string of the molecule is CC(=O)NC(=O)c1ccc(NC(=O)c2ccccc2C(=O)O)cc1. The van der Waals surface area contributed by atoms with Crippen LogP contribution in [0.3, 0.4) is 0 Å². The predicted octanol–water partition coefficient (Wildman–Crippen LogP) is 1.91. The fourth-order valence-electron chi connectivity index (χ4n) is 2.00. The van der Waals surface area contributed by atoms with E-state index in [2.05, 4.69) is 10.6 Å². The van der Waals surface area contributed by atoms with E-state index in [1.165, 1.54) is 49.4 Å². The maximum Gasteiger partial charge on any atom is 0.336 e. The van der Waals surface area contributed by atoms with Crippen LogP contribution in [0.2, 0.25) is 0 Å². The van der Waals surface area contributed by atoms with Crippen LogP contribution in [0.25, 0.3) is 0 Å². The van der Waals surface area contributed by atoms with E-state index >= 15 is 0 Å². The molecule has 0 atom stereocenters. The average molecular weight is 326 g/mol. The molecule has 0 bridgehead atoms. The summed E-state index contributed by atoms with van der Waals surface area (Å²) in [4.78, 5) is 45.8. The van der Waals surface area contributed by atoms with Crippen LogP contribution in [0.4, 0.5) is 5.69 Å². The number of hydrogen-bond donors (Lipinski definition) is 3. The van der Waals surface area contributed by atoms with Crippen LogP contribution in [-0.4, -0.2) is 28.8 Å². The number of carboxylic acids is 1. The summed E-state index contributed by atoms with van der Waals surface area (Å²) < 4.78 is 0. The minimum Gasteiger partial charge on any atom is -0.478 e. The number of anilines is 1. The minimum absolute atomic E-state index is 0.0309. The van der Waals surface area contributed by atoms with Gasteiger partial charge in [-0.1, -0.05) is 12.1 Å². The Bertz CT molecular complexity index is 812. The van der Waals surface area contributed by atoms with Crippen LogP contribution < -0.4 is 10.6 Å². The van der Waals surface area contributed by atoms with E-state index in [0.29, 0.717) is 5.69 Å². The van der Waals surface area contributed by atoms with Crippen molar-refractivity contribution in [1.29, 1.82) is 0 Å². The lowest BCUT2D eigenvalue weighted by atomic mass is 10.1. The molecule has 2 aromatic rings. The van der Waals surface area contributed by atoms with Gasteiger partial charge in [0.05, 0.1) is 11.1 Å². The Morgan fingerprint density at radius 3 is 1.96 bits per heavy atom. The molecule has 7 heteroatoms. The molecule has 122 valence electrons. The molecule has 0 aliphatic rings. The molecule has 3 amide bonds. The van der Waals surface area contributed by atoms with Crippen molar-refractivity contribution in [3.63, 3.8) is 0 Å². The molecule has 24 heavy (non-hydrogen) atoms. The zero-order valence-electron chi connectivity index (χ0n) is 12.7. The van der Waals surface area contributed by atoms with E-state index < -0.39 is 23.7 Å². The second-order valence-electron chi connectivity index (χ2n) is 4.89. The molecular weight excluding hydrogens is 312 g/mol. The number of imide groups is 1. The lowest BCUT2D eigenvalue weighted by Crippen LogP contribution is -2.27. The van der Waals surface area contributed by atoms with E-state index in [4.69, 9.17) is 5.11 Å². The van der Waals surface area contributed by atoms with Crippen LogP contribution in [0, 0.1) is 0 Å². The molecule has 0 spiro atoms. The Morgan fingerprint density at radius 1 is 0.833 bits per heavy atom. The maximum absolute atomic E-state index is 12.2. The number of benzene rings is 2. The highest BCUT2D eigenvalue weighted by Crippen LogP contribution is 2.14. The molecule has 0 saturated carbocycles. The van der Waals surface area contributed by atoms with Crippen LogP contribution >= 0.6 is 0 Å². The lowest BCUT2D eigenvalue weighted by molar-refractivity contribution is -0.118. The Labute approximate surface area is 137 Å². The Morgan fingerprint density at radius 2 is 1.42 bits per heavy atom. The Balaban J connectivity index is 2.14. The molecule has 0 aliphatic carbocycles. The molecule has 3 N–H and O–H groups in total. The summed E-state index contributed by atoms with van der Waals surface area (Å²) >= 11 is 0. The number of carboxylic acid groups (broad SMARTS) is 1. The van der Waals surface area contributed by atoms with Crippen LogP contribution in [0.15, 0.2) is 48.5 Å². The minimum atomic E-state index is -1.20. The average Bonchev–Trinajstić information content (AvgIpc) is 2.54. The number of aromatic carboxylic acids is 1. The molecule has 7 nitrogen and oxygen atoms in total. The molecule has 0 saturated heterocycles. The molecule has 0 unspecified atom stereocenters. The van der Waals surface area contributed by atoms with Gasteiger partial charge in [-0.3, -0.25) is 19.7 Å². The molecule has 2 rings (SSSR count). The second kappa shape index (κ2) is 7.19. The first-order valence-corrected chi connectivity index (χ1v) is 6.94. The first-order valence-electron chi connectivity index (χ1n) is 6.94. The van der Waals surface area contributed by atoms with Crippen LogP contribution in [0.1, 0.15) is 38.0 Å². The summed E-state index contributed by atoms with van der Waals surface area (Å²) in [6.07, 6.45) is 0. The standard InChI is InChI=1S/C17H14N2O5/c1-10(20)18-15(21)11-6-8-12(9-7-11)19-16(22)13-4-2-3-5-14(13)17(23)24/h2-9H,1H3,(H,19,22)(H,23,24)(H,18,20,21). The van der Waals surface area contributed by atoms with Crippen molar-refractivity contribution in [2.45, 2.75) is 6.92 Å². The van der Waals surface area contributed by atoms with Gasteiger partial charge in [0.1, 0.15) is 0 Å². The summed E-state index contributed by atoms with van der Waals surface area (Å²) in [6.45, 7) is 1.23. The van der Waals surface area contributed by atoms with Gasteiger partial charge in [-0.2, -0.15) is 0 Å². The molecule has 0 aromatic heterocycles. The van der Waals surface area contributed by atoms with Crippen molar-refractivity contribution >= 4 is 29.4 Å². The van der Waals surface area contributed by atoms with E-state index in [-0.39, 0.29) is 16.7 Å². The van der Waals surface area contributed by atoms with Gasteiger partial charge in [0.15, 0.2) is 0 Å². The fraction of sp³-hybridized carbons (Fsp3) is 0.0588. The molecular formula is C17H14N2O5. The first kappa shape index (κ1) is 16.9. The van der Waals surface area contributed by atoms with Crippen molar-refractivity contribution in [2.75, 3.05) is 5.32 Å². The van der Waals surface area contributed by atoms with Gasteiger partial charge < -0.3 is 10.4 Å². The zero-order valence-corrected chi connectivity index (χ0v) is 12.7. The van der Waals surface area contributed by atoms with Crippen LogP contribution in [0.5, 0.6) is 0 Å². The third-order valence-electron chi connectivity index (χ3n) is 3.10. The topological polar surface area (TPSA) is 113 Å². The molecule has 0 fully saturated rings. The Kier molecular flexibility index (Phi) is 5.06. The molecule has 0 heterocycles. The predicted molar refractivity (Wildman–Crippen MR) is 85.9 cm³/mol. The number of hydrogen-bond acceptors (Lipinski definition) is 4. The largest absolute Gasteiger partial charge is 0.478 e. The van der Waals surface area contributed by atoms with E-state index in [1.54, 1.807) is 6.07 Å². The quantitative estimate of drug-likeness (QED) is 0.794. The normalized spacial score (nSPS) is 9.88. The highest BCUT2D eigenvalue weighted by atomic mass is 16.4. The summed E-state index contributed by atoms with van der Waals surface area (Å²) in [7, 11) is 0. The monoisotopic (exact) mass is 326 g/mol. The Hall–Kier alpha value is -3.48. The number of carbonyl (C=O) groups is 4. The lowest BCUT2D eigenvalue weighted by Gasteiger charge is -2.08. The van der Waals surface area contributed by atoms with E-state index in [1.807, 2.05) is 0 Å².